The van der Waals surface area contributed by atoms with Crippen LogP contribution in [-0.4, -0.2) is 12.0 Å². The van der Waals surface area contributed by atoms with Gasteiger partial charge in [-0.3, -0.25) is 10.1 Å². The molecule has 0 aliphatic rings. The number of anilines is 1. The van der Waals surface area contributed by atoms with Crippen LogP contribution >= 0.6 is 12.4 Å². The molecule has 106 valence electrons. The van der Waals surface area contributed by atoms with Gasteiger partial charge in [-0.15, -0.1) is 12.4 Å². The molecule has 0 aliphatic heterocycles. The zero-order valence-corrected chi connectivity index (χ0v) is 11.7. The highest BCUT2D eigenvalue weighted by atomic mass is 35.5. The van der Waals surface area contributed by atoms with Crippen molar-refractivity contribution in [3.8, 4) is 5.75 Å². The average molecular weight is 295 g/mol. The summed E-state index contributed by atoms with van der Waals surface area (Å²) < 4.78 is 5.07. The standard InChI is InChI=1S/C14H14N2O3.ClH/c1-19-13-8-6-12(7-9-13)15-10-11-4-2-3-5-14(11)16(17)18;/h2-9,15H,10H2,1H3;1H. The number of para-hydroxylation sites is 1. The topological polar surface area (TPSA) is 64.4 Å². The molecule has 6 heteroatoms. The Kier molecular flexibility index (Phi) is 5.80. The monoisotopic (exact) mass is 294 g/mol. The molecule has 0 unspecified atom stereocenters. The van der Waals surface area contributed by atoms with Crippen molar-refractivity contribution in [2.45, 2.75) is 6.54 Å². The van der Waals surface area contributed by atoms with Crippen molar-refractivity contribution in [1.29, 1.82) is 0 Å². The molecule has 2 aromatic rings. The van der Waals surface area contributed by atoms with E-state index in [1.54, 1.807) is 25.3 Å². The second-order valence-corrected chi connectivity index (χ2v) is 3.97. The summed E-state index contributed by atoms with van der Waals surface area (Å²) in [5, 5.41) is 14.0. The fourth-order valence-corrected chi connectivity index (χ4v) is 1.74. The molecule has 5 nitrogen and oxygen atoms in total. The van der Waals surface area contributed by atoms with E-state index in [0.717, 1.165) is 11.4 Å². The van der Waals surface area contributed by atoms with Gasteiger partial charge >= 0.3 is 0 Å². The molecular weight excluding hydrogens is 280 g/mol. The number of hydrogen-bond donors (Lipinski definition) is 1. The van der Waals surface area contributed by atoms with E-state index >= 15 is 0 Å². The number of nitro benzene ring substituents is 1. The van der Waals surface area contributed by atoms with Crippen LogP contribution in [0.15, 0.2) is 48.5 Å². The first-order valence-corrected chi connectivity index (χ1v) is 5.81. The van der Waals surface area contributed by atoms with Gasteiger partial charge in [-0.1, -0.05) is 18.2 Å². The molecule has 0 saturated heterocycles. The number of hydrogen-bond acceptors (Lipinski definition) is 4. The first-order chi connectivity index (χ1) is 9.20. The number of benzene rings is 2. The van der Waals surface area contributed by atoms with Gasteiger partial charge < -0.3 is 10.1 Å². The lowest BCUT2D eigenvalue weighted by molar-refractivity contribution is -0.385. The minimum atomic E-state index is -0.370. The molecule has 0 aliphatic carbocycles. The maximum absolute atomic E-state index is 10.9. The zero-order chi connectivity index (χ0) is 13.7. The normalized spacial score (nSPS) is 9.45. The largest absolute Gasteiger partial charge is 0.497 e. The third-order valence-electron chi connectivity index (χ3n) is 2.76. The van der Waals surface area contributed by atoms with Crippen LogP contribution in [0.3, 0.4) is 0 Å². The summed E-state index contributed by atoms with van der Waals surface area (Å²) in [4.78, 5) is 10.5. The molecule has 0 amide bonds. The Morgan fingerprint density at radius 1 is 1.15 bits per heavy atom. The lowest BCUT2D eigenvalue weighted by atomic mass is 10.2. The summed E-state index contributed by atoms with van der Waals surface area (Å²) >= 11 is 0. The molecular formula is C14H15ClN2O3. The lowest BCUT2D eigenvalue weighted by Crippen LogP contribution is -2.02. The highest BCUT2D eigenvalue weighted by molar-refractivity contribution is 5.85. The summed E-state index contributed by atoms with van der Waals surface area (Å²) in [6, 6.07) is 14.1. The van der Waals surface area contributed by atoms with E-state index in [9.17, 15) is 10.1 Å². The fraction of sp³-hybridized carbons (Fsp3) is 0.143. The van der Waals surface area contributed by atoms with Crippen LogP contribution in [0.5, 0.6) is 5.75 Å². The molecule has 0 saturated carbocycles. The van der Waals surface area contributed by atoms with Gasteiger partial charge in [0.25, 0.3) is 5.69 Å². The van der Waals surface area contributed by atoms with Gasteiger partial charge in [0.2, 0.25) is 0 Å². The number of ether oxygens (including phenoxy) is 1. The van der Waals surface area contributed by atoms with Crippen LogP contribution in [0, 0.1) is 10.1 Å². The molecule has 0 spiro atoms. The number of rotatable bonds is 5. The smallest absolute Gasteiger partial charge is 0.274 e. The first kappa shape index (κ1) is 15.8. The summed E-state index contributed by atoms with van der Waals surface area (Å²) in [6.07, 6.45) is 0. The van der Waals surface area contributed by atoms with Crippen molar-refractivity contribution >= 4 is 23.8 Å². The van der Waals surface area contributed by atoms with E-state index in [1.807, 2.05) is 24.3 Å². The first-order valence-electron chi connectivity index (χ1n) is 5.81. The van der Waals surface area contributed by atoms with Crippen molar-refractivity contribution in [2.24, 2.45) is 0 Å². The van der Waals surface area contributed by atoms with Crippen molar-refractivity contribution < 1.29 is 9.66 Å². The van der Waals surface area contributed by atoms with Gasteiger partial charge in [-0.25, -0.2) is 0 Å². The van der Waals surface area contributed by atoms with Crippen molar-refractivity contribution in [1.82, 2.24) is 0 Å². The molecule has 0 atom stereocenters. The number of nitrogens with zero attached hydrogens (tertiary/aromatic N) is 1. The average Bonchev–Trinajstić information content (AvgIpc) is 2.46. The number of nitro groups is 1. The van der Waals surface area contributed by atoms with Crippen molar-refractivity contribution in [3.63, 3.8) is 0 Å². The Hall–Kier alpha value is -2.27. The summed E-state index contributed by atoms with van der Waals surface area (Å²) in [5.74, 6) is 0.774. The van der Waals surface area contributed by atoms with Crippen LogP contribution in [0.2, 0.25) is 0 Å². The van der Waals surface area contributed by atoms with Gasteiger partial charge in [0.05, 0.1) is 12.0 Å². The predicted octanol–water partition coefficient (Wildman–Crippen LogP) is 3.64. The Morgan fingerprint density at radius 2 is 1.80 bits per heavy atom. The van der Waals surface area contributed by atoms with Gasteiger partial charge in [0.1, 0.15) is 5.75 Å². The molecule has 2 aromatic carbocycles. The predicted molar refractivity (Wildman–Crippen MR) is 80.7 cm³/mol. The highest BCUT2D eigenvalue weighted by Crippen LogP contribution is 2.20. The highest BCUT2D eigenvalue weighted by Gasteiger charge is 2.11. The van der Waals surface area contributed by atoms with Crippen molar-refractivity contribution in [3.05, 3.63) is 64.2 Å². The third-order valence-corrected chi connectivity index (χ3v) is 2.76. The van der Waals surface area contributed by atoms with Gasteiger partial charge in [0.15, 0.2) is 0 Å². The molecule has 2 rings (SSSR count). The lowest BCUT2D eigenvalue weighted by Gasteiger charge is -2.07. The summed E-state index contributed by atoms with van der Waals surface area (Å²) in [7, 11) is 1.61. The molecule has 20 heavy (non-hydrogen) atoms. The van der Waals surface area contributed by atoms with Crippen molar-refractivity contribution in [2.75, 3.05) is 12.4 Å². The Morgan fingerprint density at radius 3 is 2.40 bits per heavy atom. The van der Waals surface area contributed by atoms with Crippen LogP contribution in [0.1, 0.15) is 5.56 Å². The van der Waals surface area contributed by atoms with Gasteiger partial charge in [-0.05, 0) is 24.3 Å². The minimum Gasteiger partial charge on any atom is -0.497 e. The van der Waals surface area contributed by atoms with Crippen LogP contribution < -0.4 is 10.1 Å². The number of methoxy groups -OCH3 is 1. The summed E-state index contributed by atoms with van der Waals surface area (Å²) in [5.41, 5.74) is 1.67. The van der Waals surface area contributed by atoms with Crippen LogP contribution in [0.25, 0.3) is 0 Å². The van der Waals surface area contributed by atoms with Crippen LogP contribution in [0.4, 0.5) is 11.4 Å². The number of halogens is 1. The minimum absolute atomic E-state index is 0. The van der Waals surface area contributed by atoms with E-state index in [-0.39, 0.29) is 23.0 Å². The van der Waals surface area contributed by atoms with E-state index in [1.165, 1.54) is 6.07 Å². The Balaban J connectivity index is 0.00000200. The molecule has 0 aromatic heterocycles. The molecule has 0 bridgehead atoms. The van der Waals surface area contributed by atoms with E-state index in [4.69, 9.17) is 4.74 Å². The van der Waals surface area contributed by atoms with E-state index in [2.05, 4.69) is 5.32 Å². The zero-order valence-electron chi connectivity index (χ0n) is 10.9. The van der Waals surface area contributed by atoms with Gasteiger partial charge in [0, 0.05) is 23.9 Å². The maximum Gasteiger partial charge on any atom is 0.274 e. The molecule has 0 heterocycles. The Bertz CT molecular complexity index is 573. The van der Waals surface area contributed by atoms with E-state index < -0.39 is 0 Å². The summed E-state index contributed by atoms with van der Waals surface area (Å²) in [6.45, 7) is 0.406. The fourth-order valence-electron chi connectivity index (χ4n) is 1.74. The third kappa shape index (κ3) is 3.86. The maximum atomic E-state index is 10.9. The molecule has 1 N–H and O–H groups in total. The van der Waals surface area contributed by atoms with Gasteiger partial charge in [-0.2, -0.15) is 0 Å². The molecule has 0 radical (unpaired) electrons. The quantitative estimate of drug-likeness (QED) is 0.675. The SMILES string of the molecule is COc1ccc(NCc2ccccc2[N+](=O)[O-])cc1.Cl. The van der Waals surface area contributed by atoms with E-state index in [0.29, 0.717) is 12.1 Å². The number of nitrogens with one attached hydrogen (secondary N) is 1. The second-order valence-electron chi connectivity index (χ2n) is 3.97. The second kappa shape index (κ2) is 7.35. The van der Waals surface area contributed by atoms with Crippen LogP contribution in [-0.2, 0) is 6.54 Å². The Labute approximate surface area is 123 Å². The molecule has 0 fully saturated rings.